The van der Waals surface area contributed by atoms with Gasteiger partial charge in [0.25, 0.3) is 5.91 Å². The van der Waals surface area contributed by atoms with E-state index in [1.807, 2.05) is 12.1 Å². The van der Waals surface area contributed by atoms with Gasteiger partial charge in [-0.2, -0.15) is 0 Å². The minimum absolute atomic E-state index is 0.141. The van der Waals surface area contributed by atoms with Crippen LogP contribution in [0.25, 0.3) is 0 Å². The molecule has 6 nitrogen and oxygen atoms in total. The lowest BCUT2D eigenvalue weighted by Gasteiger charge is -2.13. The fourth-order valence-electron chi connectivity index (χ4n) is 3.31. The topological polar surface area (TPSA) is 80.3 Å². The number of anilines is 1. The van der Waals surface area contributed by atoms with Gasteiger partial charge in [0.05, 0.1) is 24.1 Å². The Balaban J connectivity index is 1.53. The maximum Gasteiger partial charge on any atom is 0.254 e. The Morgan fingerprint density at radius 3 is 2.83 bits per heavy atom. The van der Waals surface area contributed by atoms with Crippen LogP contribution in [0.4, 0.5) is 5.69 Å². The Morgan fingerprint density at radius 1 is 1.17 bits per heavy atom. The smallest absolute Gasteiger partial charge is 0.254 e. The molecule has 1 aliphatic carbocycles. The minimum Gasteiger partial charge on any atom is -0.495 e. The van der Waals surface area contributed by atoms with Crippen molar-refractivity contribution in [3.05, 3.63) is 59.8 Å². The van der Waals surface area contributed by atoms with Gasteiger partial charge >= 0.3 is 0 Å². The number of para-hydroxylation sites is 2. The van der Waals surface area contributed by atoms with E-state index in [1.54, 1.807) is 37.6 Å². The van der Waals surface area contributed by atoms with Gasteiger partial charge in [-0.1, -0.05) is 35.5 Å². The second-order valence-electron chi connectivity index (χ2n) is 7.01. The SMILES string of the molecule is COc1ccccc1NC(=O)CSc1ncccc1C(=O)NCCC1=CCCCC1. The van der Waals surface area contributed by atoms with Crippen LogP contribution in [-0.4, -0.2) is 36.2 Å². The molecule has 2 amide bonds. The van der Waals surface area contributed by atoms with Crippen molar-refractivity contribution in [3.8, 4) is 5.75 Å². The molecule has 0 aliphatic heterocycles. The Kier molecular flexibility index (Phi) is 8.32. The fraction of sp³-hybridized carbons (Fsp3) is 0.348. The molecule has 30 heavy (non-hydrogen) atoms. The number of rotatable bonds is 9. The summed E-state index contributed by atoms with van der Waals surface area (Å²) in [6.45, 7) is 0.609. The molecule has 2 aromatic rings. The van der Waals surface area contributed by atoms with Crippen molar-refractivity contribution in [2.45, 2.75) is 37.1 Å². The Hall–Kier alpha value is -2.80. The lowest BCUT2D eigenvalue weighted by atomic mass is 9.97. The van der Waals surface area contributed by atoms with E-state index in [0.717, 1.165) is 19.3 Å². The van der Waals surface area contributed by atoms with Crippen LogP contribution >= 0.6 is 11.8 Å². The number of aromatic nitrogens is 1. The molecule has 0 saturated carbocycles. The van der Waals surface area contributed by atoms with Crippen molar-refractivity contribution < 1.29 is 14.3 Å². The van der Waals surface area contributed by atoms with E-state index in [4.69, 9.17) is 4.74 Å². The zero-order chi connectivity index (χ0) is 21.2. The Labute approximate surface area is 181 Å². The number of nitrogens with zero attached hydrogens (tertiary/aromatic N) is 1. The van der Waals surface area contributed by atoms with Crippen molar-refractivity contribution >= 4 is 29.3 Å². The number of carbonyl (C=O) groups is 2. The summed E-state index contributed by atoms with van der Waals surface area (Å²) in [5.41, 5.74) is 2.53. The zero-order valence-electron chi connectivity index (χ0n) is 17.1. The number of methoxy groups -OCH3 is 1. The monoisotopic (exact) mass is 425 g/mol. The van der Waals surface area contributed by atoms with Crippen molar-refractivity contribution in [3.63, 3.8) is 0 Å². The zero-order valence-corrected chi connectivity index (χ0v) is 18.0. The minimum atomic E-state index is -0.189. The molecular weight excluding hydrogens is 398 g/mol. The van der Waals surface area contributed by atoms with Gasteiger partial charge in [-0.25, -0.2) is 4.98 Å². The van der Waals surface area contributed by atoms with Crippen LogP contribution in [0.5, 0.6) is 5.75 Å². The highest BCUT2D eigenvalue weighted by Gasteiger charge is 2.15. The van der Waals surface area contributed by atoms with Crippen LogP contribution in [0.3, 0.4) is 0 Å². The Morgan fingerprint density at radius 2 is 2.03 bits per heavy atom. The van der Waals surface area contributed by atoms with Gasteiger partial charge < -0.3 is 15.4 Å². The molecule has 0 unspecified atom stereocenters. The summed E-state index contributed by atoms with van der Waals surface area (Å²) in [6.07, 6.45) is 9.58. The van der Waals surface area contributed by atoms with Crippen molar-refractivity contribution in [1.29, 1.82) is 0 Å². The number of pyridine rings is 1. The molecule has 7 heteroatoms. The third-order valence-corrected chi connectivity index (χ3v) is 5.86. The first-order valence-corrected chi connectivity index (χ1v) is 11.1. The maximum atomic E-state index is 12.6. The van der Waals surface area contributed by atoms with Crippen LogP contribution < -0.4 is 15.4 Å². The molecule has 2 N–H and O–H groups in total. The quantitative estimate of drug-likeness (QED) is 0.459. The van der Waals surface area contributed by atoms with Crippen LogP contribution in [-0.2, 0) is 4.79 Å². The number of amides is 2. The molecule has 0 bridgehead atoms. The number of hydrogen-bond acceptors (Lipinski definition) is 5. The second-order valence-corrected chi connectivity index (χ2v) is 7.97. The molecule has 0 radical (unpaired) electrons. The van der Waals surface area contributed by atoms with E-state index >= 15 is 0 Å². The lowest BCUT2D eigenvalue weighted by molar-refractivity contribution is -0.113. The number of benzene rings is 1. The predicted molar refractivity (Wildman–Crippen MR) is 120 cm³/mol. The normalized spacial score (nSPS) is 13.3. The van der Waals surface area contributed by atoms with E-state index in [2.05, 4.69) is 21.7 Å². The van der Waals surface area contributed by atoms with Crippen LogP contribution in [0, 0.1) is 0 Å². The molecule has 1 aliphatic rings. The van der Waals surface area contributed by atoms with Crippen molar-refractivity contribution in [2.24, 2.45) is 0 Å². The van der Waals surface area contributed by atoms with Crippen LogP contribution in [0.1, 0.15) is 42.5 Å². The van der Waals surface area contributed by atoms with Gasteiger partial charge in [0.2, 0.25) is 5.91 Å². The Bertz CT molecular complexity index is 914. The summed E-state index contributed by atoms with van der Waals surface area (Å²) in [7, 11) is 1.56. The fourth-order valence-corrected chi connectivity index (χ4v) is 4.10. The summed E-state index contributed by atoms with van der Waals surface area (Å²) in [5.74, 6) is 0.391. The highest BCUT2D eigenvalue weighted by atomic mass is 32.2. The average Bonchev–Trinajstić information content (AvgIpc) is 2.79. The molecule has 0 spiro atoms. The highest BCUT2D eigenvalue weighted by molar-refractivity contribution is 8.00. The standard InChI is InChI=1S/C23H27N3O3S/c1-29-20-12-6-5-11-19(20)26-21(27)16-30-23-18(10-7-14-25-23)22(28)24-15-13-17-8-3-2-4-9-17/h5-8,10-12,14H,2-4,9,13,15-16H2,1H3,(H,24,28)(H,26,27). The van der Waals surface area contributed by atoms with Crippen molar-refractivity contribution in [1.82, 2.24) is 10.3 Å². The first-order chi connectivity index (χ1) is 14.7. The molecule has 0 saturated heterocycles. The van der Waals surface area contributed by atoms with Crippen molar-refractivity contribution in [2.75, 3.05) is 24.7 Å². The largest absolute Gasteiger partial charge is 0.495 e. The number of carbonyl (C=O) groups excluding carboxylic acids is 2. The number of nitrogens with one attached hydrogen (secondary N) is 2. The first-order valence-electron chi connectivity index (χ1n) is 10.1. The summed E-state index contributed by atoms with van der Waals surface area (Å²) in [5, 5.41) is 6.35. The summed E-state index contributed by atoms with van der Waals surface area (Å²) in [6, 6.07) is 10.7. The predicted octanol–water partition coefficient (Wildman–Crippen LogP) is 4.44. The summed E-state index contributed by atoms with van der Waals surface area (Å²) < 4.78 is 5.25. The lowest BCUT2D eigenvalue weighted by Crippen LogP contribution is -2.26. The van der Waals surface area contributed by atoms with Gasteiger partial charge in [-0.15, -0.1) is 0 Å². The summed E-state index contributed by atoms with van der Waals surface area (Å²) in [4.78, 5) is 29.3. The number of hydrogen-bond donors (Lipinski definition) is 2. The molecule has 3 rings (SSSR count). The van der Waals surface area contributed by atoms with Crippen LogP contribution in [0.15, 0.2) is 59.3 Å². The number of ether oxygens (including phenoxy) is 1. The first kappa shape index (κ1) is 21.9. The van der Waals surface area contributed by atoms with Gasteiger partial charge in [-0.05, 0) is 56.4 Å². The number of allylic oxidation sites excluding steroid dienone is 1. The van der Waals surface area contributed by atoms with Crippen LogP contribution in [0.2, 0.25) is 0 Å². The third-order valence-electron chi connectivity index (χ3n) is 4.85. The van der Waals surface area contributed by atoms with E-state index < -0.39 is 0 Å². The third kappa shape index (κ3) is 6.35. The van der Waals surface area contributed by atoms with E-state index in [-0.39, 0.29) is 17.6 Å². The number of thioether (sulfide) groups is 1. The average molecular weight is 426 g/mol. The highest BCUT2D eigenvalue weighted by Crippen LogP contribution is 2.25. The van der Waals surface area contributed by atoms with Gasteiger partial charge in [-0.3, -0.25) is 9.59 Å². The van der Waals surface area contributed by atoms with Gasteiger partial charge in [0.15, 0.2) is 0 Å². The van der Waals surface area contributed by atoms with E-state index in [0.29, 0.717) is 28.6 Å². The molecule has 0 atom stereocenters. The van der Waals surface area contributed by atoms with Gasteiger partial charge in [0, 0.05) is 12.7 Å². The molecule has 1 heterocycles. The van der Waals surface area contributed by atoms with Gasteiger partial charge in [0.1, 0.15) is 10.8 Å². The molecule has 158 valence electrons. The second kappa shape index (κ2) is 11.4. The molecule has 0 fully saturated rings. The van der Waals surface area contributed by atoms with E-state index in [9.17, 15) is 9.59 Å². The van der Waals surface area contributed by atoms with E-state index in [1.165, 1.54) is 30.2 Å². The summed E-state index contributed by atoms with van der Waals surface area (Å²) >= 11 is 1.24. The molecule has 1 aromatic heterocycles. The molecular formula is C23H27N3O3S. The molecule has 1 aromatic carbocycles. The maximum absolute atomic E-state index is 12.6.